The molecule has 1 N–H and O–H groups in total. The molecule has 144 valence electrons. The Bertz CT molecular complexity index is 828. The van der Waals surface area contributed by atoms with Gasteiger partial charge in [-0.05, 0) is 44.2 Å². The number of piperidine rings is 1. The van der Waals surface area contributed by atoms with Crippen LogP contribution in [0.2, 0.25) is 0 Å². The minimum absolute atomic E-state index is 0.117. The van der Waals surface area contributed by atoms with Gasteiger partial charge in [0.15, 0.2) is 0 Å². The van der Waals surface area contributed by atoms with Crippen LogP contribution in [0.5, 0.6) is 0 Å². The molecular formula is C21H26FN3O2. The molecule has 4 rings (SSSR count). The standard InChI is InChI=1S/C21H26FN3O2/c1-14-18(11-16-3-2-4-19(22)20(16)23-14)21(26)24-17-5-8-25(9-6-17)12-15-7-10-27-13-15/h2-4,11,15,17H,5-10,12-13H2,1H3,(H,24,26). The van der Waals surface area contributed by atoms with Crippen LogP contribution >= 0.6 is 0 Å². The summed E-state index contributed by atoms with van der Waals surface area (Å²) < 4.78 is 19.3. The summed E-state index contributed by atoms with van der Waals surface area (Å²) in [6.45, 7) is 6.63. The molecule has 0 bridgehead atoms. The van der Waals surface area contributed by atoms with Crippen LogP contribution in [-0.2, 0) is 4.74 Å². The van der Waals surface area contributed by atoms with E-state index in [4.69, 9.17) is 4.74 Å². The molecule has 2 fully saturated rings. The van der Waals surface area contributed by atoms with Crippen molar-refractivity contribution in [2.24, 2.45) is 5.92 Å². The maximum atomic E-state index is 13.9. The first-order valence-corrected chi connectivity index (χ1v) is 9.77. The molecule has 6 heteroatoms. The molecule has 0 radical (unpaired) electrons. The number of aryl methyl sites for hydroxylation is 1. The molecule has 1 amide bonds. The molecule has 2 aliphatic rings. The molecule has 1 atom stereocenters. The lowest BCUT2D eigenvalue weighted by molar-refractivity contribution is 0.0902. The van der Waals surface area contributed by atoms with Gasteiger partial charge >= 0.3 is 0 Å². The van der Waals surface area contributed by atoms with E-state index in [2.05, 4.69) is 15.2 Å². The van der Waals surface area contributed by atoms with E-state index in [9.17, 15) is 9.18 Å². The molecule has 5 nitrogen and oxygen atoms in total. The number of halogens is 1. The Labute approximate surface area is 158 Å². The summed E-state index contributed by atoms with van der Waals surface area (Å²) in [6.07, 6.45) is 3.06. The molecule has 1 aromatic carbocycles. The van der Waals surface area contributed by atoms with Crippen molar-refractivity contribution in [1.29, 1.82) is 0 Å². The van der Waals surface area contributed by atoms with Crippen LogP contribution < -0.4 is 5.32 Å². The van der Waals surface area contributed by atoms with Crippen LogP contribution in [0.4, 0.5) is 4.39 Å². The number of nitrogens with one attached hydrogen (secondary N) is 1. The zero-order valence-corrected chi connectivity index (χ0v) is 15.7. The minimum Gasteiger partial charge on any atom is -0.381 e. The zero-order valence-electron chi connectivity index (χ0n) is 15.7. The lowest BCUT2D eigenvalue weighted by atomic mass is 10.0. The van der Waals surface area contributed by atoms with Gasteiger partial charge in [-0.3, -0.25) is 4.79 Å². The number of fused-ring (bicyclic) bond motifs is 1. The Balaban J connectivity index is 1.37. The van der Waals surface area contributed by atoms with Gasteiger partial charge in [-0.15, -0.1) is 0 Å². The van der Waals surface area contributed by atoms with Gasteiger partial charge < -0.3 is 15.0 Å². The number of likely N-dealkylation sites (tertiary alicyclic amines) is 1. The summed E-state index contributed by atoms with van der Waals surface area (Å²) in [5, 5.41) is 3.80. The van der Waals surface area contributed by atoms with Crippen LogP contribution in [0.1, 0.15) is 35.3 Å². The summed E-state index contributed by atoms with van der Waals surface area (Å²) in [5.74, 6) is 0.180. The lowest BCUT2D eigenvalue weighted by Gasteiger charge is -2.33. The van der Waals surface area contributed by atoms with Crippen molar-refractivity contribution in [1.82, 2.24) is 15.2 Å². The number of hydrogen-bond acceptors (Lipinski definition) is 4. The van der Waals surface area contributed by atoms with Gasteiger partial charge in [0.25, 0.3) is 5.91 Å². The monoisotopic (exact) mass is 371 g/mol. The third-order valence-corrected chi connectivity index (χ3v) is 5.69. The van der Waals surface area contributed by atoms with Crippen molar-refractivity contribution in [3.63, 3.8) is 0 Å². The van der Waals surface area contributed by atoms with Gasteiger partial charge in [-0.25, -0.2) is 9.37 Å². The van der Waals surface area contributed by atoms with Gasteiger partial charge in [0, 0.05) is 37.7 Å². The number of nitrogens with zero attached hydrogens (tertiary/aromatic N) is 2. The molecule has 3 heterocycles. The summed E-state index contributed by atoms with van der Waals surface area (Å²) in [4.78, 5) is 19.5. The van der Waals surface area contributed by atoms with Crippen molar-refractivity contribution in [3.05, 3.63) is 41.3 Å². The number of carbonyl (C=O) groups is 1. The smallest absolute Gasteiger partial charge is 0.253 e. The molecule has 2 aromatic rings. The number of carbonyl (C=O) groups excluding carboxylic acids is 1. The zero-order chi connectivity index (χ0) is 18.8. The molecule has 1 unspecified atom stereocenters. The Morgan fingerprint density at radius 1 is 1.33 bits per heavy atom. The number of rotatable bonds is 4. The Morgan fingerprint density at radius 3 is 2.89 bits per heavy atom. The highest BCUT2D eigenvalue weighted by Gasteiger charge is 2.25. The van der Waals surface area contributed by atoms with Crippen molar-refractivity contribution in [2.75, 3.05) is 32.8 Å². The maximum Gasteiger partial charge on any atom is 0.253 e. The molecule has 27 heavy (non-hydrogen) atoms. The molecule has 0 aliphatic carbocycles. The fourth-order valence-electron chi connectivity index (χ4n) is 4.10. The normalized spacial score (nSPS) is 21.6. The van der Waals surface area contributed by atoms with E-state index in [1.165, 1.54) is 6.07 Å². The molecule has 0 saturated carbocycles. The quantitative estimate of drug-likeness (QED) is 0.898. The molecule has 2 aliphatic heterocycles. The van der Waals surface area contributed by atoms with Crippen molar-refractivity contribution >= 4 is 16.8 Å². The number of aromatic nitrogens is 1. The predicted molar refractivity (Wildman–Crippen MR) is 102 cm³/mol. The highest BCUT2D eigenvalue weighted by atomic mass is 19.1. The van der Waals surface area contributed by atoms with Crippen LogP contribution in [0.25, 0.3) is 10.9 Å². The second-order valence-electron chi connectivity index (χ2n) is 7.71. The third kappa shape index (κ3) is 4.12. The van der Waals surface area contributed by atoms with Gasteiger partial charge in [0.1, 0.15) is 11.3 Å². The summed E-state index contributed by atoms with van der Waals surface area (Å²) in [7, 11) is 0. The van der Waals surface area contributed by atoms with Crippen LogP contribution in [0.3, 0.4) is 0 Å². The number of amides is 1. The second kappa shape index (κ2) is 7.90. The minimum atomic E-state index is -0.359. The Kier molecular flexibility index (Phi) is 5.36. The Morgan fingerprint density at radius 2 is 2.15 bits per heavy atom. The van der Waals surface area contributed by atoms with E-state index >= 15 is 0 Å². The first kappa shape index (κ1) is 18.3. The van der Waals surface area contributed by atoms with Gasteiger partial charge in [-0.1, -0.05) is 12.1 Å². The highest BCUT2D eigenvalue weighted by Crippen LogP contribution is 2.21. The van der Waals surface area contributed by atoms with Gasteiger partial charge in [0.05, 0.1) is 17.9 Å². The molecule has 0 spiro atoms. The van der Waals surface area contributed by atoms with Crippen LogP contribution in [0.15, 0.2) is 24.3 Å². The van der Waals surface area contributed by atoms with E-state index in [-0.39, 0.29) is 17.8 Å². The summed E-state index contributed by atoms with van der Waals surface area (Å²) in [5.41, 5.74) is 1.40. The van der Waals surface area contributed by atoms with Crippen molar-refractivity contribution < 1.29 is 13.9 Å². The fraction of sp³-hybridized carbons (Fsp3) is 0.524. The predicted octanol–water partition coefficient (Wildman–Crippen LogP) is 2.91. The van der Waals surface area contributed by atoms with Gasteiger partial charge in [-0.2, -0.15) is 0 Å². The number of hydrogen-bond donors (Lipinski definition) is 1. The summed E-state index contributed by atoms with van der Waals surface area (Å²) >= 11 is 0. The third-order valence-electron chi connectivity index (χ3n) is 5.69. The van der Waals surface area contributed by atoms with Crippen LogP contribution in [-0.4, -0.2) is 54.7 Å². The molecule has 1 aromatic heterocycles. The number of para-hydroxylation sites is 1. The van der Waals surface area contributed by atoms with Crippen molar-refractivity contribution in [3.8, 4) is 0 Å². The van der Waals surface area contributed by atoms with E-state index in [0.717, 1.165) is 52.1 Å². The average Bonchev–Trinajstić information content (AvgIpc) is 3.17. The van der Waals surface area contributed by atoms with E-state index in [1.54, 1.807) is 25.1 Å². The number of ether oxygens (including phenoxy) is 1. The number of pyridine rings is 1. The van der Waals surface area contributed by atoms with E-state index in [1.807, 2.05) is 0 Å². The van der Waals surface area contributed by atoms with E-state index in [0.29, 0.717) is 28.1 Å². The fourth-order valence-corrected chi connectivity index (χ4v) is 4.10. The first-order valence-electron chi connectivity index (χ1n) is 9.77. The van der Waals surface area contributed by atoms with Crippen LogP contribution in [0, 0.1) is 18.7 Å². The SMILES string of the molecule is Cc1nc2c(F)cccc2cc1C(=O)NC1CCN(CC2CCOC2)CC1. The van der Waals surface area contributed by atoms with E-state index < -0.39 is 0 Å². The topological polar surface area (TPSA) is 54.5 Å². The Hall–Kier alpha value is -2.05. The second-order valence-corrected chi connectivity index (χ2v) is 7.71. The van der Waals surface area contributed by atoms with Gasteiger partial charge in [0.2, 0.25) is 0 Å². The largest absolute Gasteiger partial charge is 0.381 e. The highest BCUT2D eigenvalue weighted by molar-refractivity contribution is 5.98. The maximum absolute atomic E-state index is 13.9. The first-order chi connectivity index (χ1) is 13.1. The number of benzene rings is 1. The summed E-state index contributed by atoms with van der Waals surface area (Å²) in [6, 6.07) is 6.73. The molecular weight excluding hydrogens is 345 g/mol. The lowest BCUT2D eigenvalue weighted by Crippen LogP contribution is -2.46. The van der Waals surface area contributed by atoms with Crippen molar-refractivity contribution in [2.45, 2.75) is 32.2 Å². The average molecular weight is 371 g/mol. The molecule has 2 saturated heterocycles.